The maximum Gasteiger partial charge on any atom is 0.255 e. The highest BCUT2D eigenvalue weighted by Gasteiger charge is 2.23. The van der Waals surface area contributed by atoms with Gasteiger partial charge in [0.15, 0.2) is 0 Å². The molecule has 0 saturated heterocycles. The molecule has 1 aliphatic heterocycles. The van der Waals surface area contributed by atoms with Crippen LogP contribution in [0.15, 0.2) is 59.8 Å². The predicted molar refractivity (Wildman–Crippen MR) is 110 cm³/mol. The molecule has 7 nitrogen and oxygen atoms in total. The predicted octanol–water partition coefficient (Wildman–Crippen LogP) is 2.92. The molecule has 8 heteroatoms. The van der Waals surface area contributed by atoms with Crippen LogP contribution in [0, 0.1) is 5.82 Å². The highest BCUT2D eigenvalue weighted by molar-refractivity contribution is 5.62. The summed E-state index contributed by atoms with van der Waals surface area (Å²) in [4.78, 5) is 26.5. The summed E-state index contributed by atoms with van der Waals surface area (Å²) in [5.41, 5.74) is 4.75. The van der Waals surface area contributed by atoms with Gasteiger partial charge in [-0.2, -0.15) is 5.10 Å². The lowest BCUT2D eigenvalue weighted by atomic mass is 10.0. The van der Waals surface area contributed by atoms with Crippen molar-refractivity contribution in [3.8, 4) is 22.6 Å². The first-order valence-electron chi connectivity index (χ1n) is 9.70. The van der Waals surface area contributed by atoms with Crippen molar-refractivity contribution in [1.29, 1.82) is 0 Å². The zero-order valence-corrected chi connectivity index (χ0v) is 16.1. The van der Waals surface area contributed by atoms with E-state index in [1.807, 2.05) is 18.2 Å². The van der Waals surface area contributed by atoms with Crippen molar-refractivity contribution in [2.24, 2.45) is 0 Å². The summed E-state index contributed by atoms with van der Waals surface area (Å²) >= 11 is 0. The molecule has 150 valence electrons. The number of H-pyrrole nitrogens is 2. The number of pyridine rings is 1. The molecule has 5 rings (SSSR count). The van der Waals surface area contributed by atoms with Crippen molar-refractivity contribution >= 4 is 0 Å². The molecule has 0 saturated carbocycles. The van der Waals surface area contributed by atoms with Gasteiger partial charge >= 0.3 is 0 Å². The van der Waals surface area contributed by atoms with Gasteiger partial charge in [-0.3, -0.25) is 19.8 Å². The Morgan fingerprint density at radius 3 is 2.83 bits per heavy atom. The van der Waals surface area contributed by atoms with Crippen LogP contribution in [0.3, 0.4) is 0 Å². The van der Waals surface area contributed by atoms with E-state index in [0.29, 0.717) is 30.9 Å². The van der Waals surface area contributed by atoms with Gasteiger partial charge < -0.3 is 4.98 Å². The smallest absolute Gasteiger partial charge is 0.255 e. The second-order valence-electron chi connectivity index (χ2n) is 7.32. The topological polar surface area (TPSA) is 90.6 Å². The van der Waals surface area contributed by atoms with Crippen LogP contribution in [-0.2, 0) is 19.5 Å². The van der Waals surface area contributed by atoms with Crippen molar-refractivity contribution in [3.63, 3.8) is 0 Å². The molecule has 0 spiro atoms. The molecule has 1 aromatic carbocycles. The minimum Gasteiger partial charge on any atom is -0.306 e. The molecule has 4 aromatic rings. The maximum absolute atomic E-state index is 13.6. The third kappa shape index (κ3) is 3.53. The summed E-state index contributed by atoms with van der Waals surface area (Å²) in [6, 6.07) is 10.1. The Balaban J connectivity index is 1.39. The van der Waals surface area contributed by atoms with Crippen LogP contribution in [0.1, 0.15) is 16.8 Å². The number of fused-ring (bicyclic) bond motifs is 1. The first kappa shape index (κ1) is 18.4. The van der Waals surface area contributed by atoms with Crippen LogP contribution in [0.2, 0.25) is 0 Å². The van der Waals surface area contributed by atoms with E-state index < -0.39 is 0 Å². The van der Waals surface area contributed by atoms with E-state index in [1.165, 1.54) is 12.1 Å². The van der Waals surface area contributed by atoms with E-state index in [-0.39, 0.29) is 11.4 Å². The molecule has 2 N–H and O–H groups in total. The number of nitrogens with zero attached hydrogens (tertiary/aromatic N) is 4. The summed E-state index contributed by atoms with van der Waals surface area (Å²) in [5, 5.41) is 7.11. The molecule has 30 heavy (non-hydrogen) atoms. The summed E-state index contributed by atoms with van der Waals surface area (Å²) in [5.74, 6) is 0.278. The minimum absolute atomic E-state index is 0.117. The minimum atomic E-state index is -0.289. The quantitative estimate of drug-likeness (QED) is 0.548. The first-order valence-corrected chi connectivity index (χ1v) is 9.70. The lowest BCUT2D eigenvalue weighted by molar-refractivity contribution is 0.242. The number of aromatic amines is 2. The van der Waals surface area contributed by atoms with E-state index in [2.05, 4.69) is 30.0 Å². The molecule has 4 heterocycles. The van der Waals surface area contributed by atoms with E-state index in [9.17, 15) is 9.18 Å². The molecule has 0 radical (unpaired) electrons. The lowest BCUT2D eigenvalue weighted by Gasteiger charge is -2.27. The van der Waals surface area contributed by atoms with Gasteiger partial charge in [0.2, 0.25) is 0 Å². The van der Waals surface area contributed by atoms with Crippen LogP contribution in [0.25, 0.3) is 22.6 Å². The number of nitrogens with one attached hydrogen (secondary N) is 2. The van der Waals surface area contributed by atoms with Crippen LogP contribution < -0.4 is 5.56 Å². The SMILES string of the molecule is O=c1[nH]c(-c2ccncc2)nc2c1CN(Cc1cn[nH]c1-c1cccc(F)c1)CC2. The van der Waals surface area contributed by atoms with Crippen molar-refractivity contribution < 1.29 is 4.39 Å². The summed E-state index contributed by atoms with van der Waals surface area (Å²) in [7, 11) is 0. The second kappa shape index (κ2) is 7.64. The Kier molecular flexibility index (Phi) is 4.68. The molecular weight excluding hydrogens is 383 g/mol. The zero-order valence-electron chi connectivity index (χ0n) is 16.1. The van der Waals surface area contributed by atoms with Gasteiger partial charge in [-0.25, -0.2) is 9.37 Å². The lowest BCUT2D eigenvalue weighted by Crippen LogP contribution is -2.35. The number of aromatic nitrogens is 5. The van der Waals surface area contributed by atoms with Crippen LogP contribution in [0.4, 0.5) is 4.39 Å². The molecule has 0 fully saturated rings. The van der Waals surface area contributed by atoms with Gasteiger partial charge in [0.25, 0.3) is 5.56 Å². The highest BCUT2D eigenvalue weighted by Crippen LogP contribution is 2.25. The number of rotatable bonds is 4. The Morgan fingerprint density at radius 2 is 2.00 bits per heavy atom. The van der Waals surface area contributed by atoms with Crippen LogP contribution in [-0.4, -0.2) is 36.6 Å². The van der Waals surface area contributed by atoms with E-state index in [4.69, 9.17) is 0 Å². The average Bonchev–Trinajstić information content (AvgIpc) is 3.23. The number of hydrogen-bond donors (Lipinski definition) is 2. The maximum atomic E-state index is 13.6. The van der Waals surface area contributed by atoms with Gasteiger partial charge in [0.05, 0.1) is 23.1 Å². The normalized spacial score (nSPS) is 13.9. The van der Waals surface area contributed by atoms with E-state index >= 15 is 0 Å². The Hall–Kier alpha value is -3.65. The Bertz CT molecular complexity index is 1250. The average molecular weight is 402 g/mol. The van der Waals surface area contributed by atoms with Crippen LogP contribution in [0.5, 0.6) is 0 Å². The standard InChI is InChI=1S/C22H19FN6O/c23-17-3-1-2-15(10-17)20-16(11-25-28-20)12-29-9-6-19-18(13-29)22(30)27-21(26-19)14-4-7-24-8-5-14/h1-5,7-8,10-11H,6,9,12-13H2,(H,25,28)(H,26,27,30). The van der Waals surface area contributed by atoms with Crippen LogP contribution >= 0.6 is 0 Å². The van der Waals surface area contributed by atoms with Crippen molar-refractivity contribution in [2.45, 2.75) is 19.5 Å². The molecule has 0 amide bonds. The van der Waals surface area contributed by atoms with Gasteiger partial charge in [0, 0.05) is 55.1 Å². The van der Waals surface area contributed by atoms with Crippen molar-refractivity contribution in [2.75, 3.05) is 6.54 Å². The van der Waals surface area contributed by atoms with E-state index in [0.717, 1.165) is 34.6 Å². The number of benzene rings is 1. The fourth-order valence-electron chi connectivity index (χ4n) is 3.83. The molecule has 0 aliphatic carbocycles. The Labute approximate surface area is 171 Å². The fourth-order valence-corrected chi connectivity index (χ4v) is 3.83. The first-order chi connectivity index (χ1) is 14.7. The molecule has 3 aromatic heterocycles. The molecular formula is C22H19FN6O. The van der Waals surface area contributed by atoms with Crippen molar-refractivity contribution in [3.05, 3.63) is 88.0 Å². The molecule has 0 atom stereocenters. The Morgan fingerprint density at radius 1 is 1.13 bits per heavy atom. The van der Waals surface area contributed by atoms with Gasteiger partial charge in [0.1, 0.15) is 11.6 Å². The summed E-state index contributed by atoms with van der Waals surface area (Å²) in [6.45, 7) is 1.88. The largest absolute Gasteiger partial charge is 0.306 e. The second-order valence-corrected chi connectivity index (χ2v) is 7.32. The number of halogens is 1. The van der Waals surface area contributed by atoms with E-state index in [1.54, 1.807) is 24.7 Å². The molecule has 0 unspecified atom stereocenters. The van der Waals surface area contributed by atoms with Gasteiger partial charge in [-0.1, -0.05) is 12.1 Å². The summed E-state index contributed by atoms with van der Waals surface area (Å²) < 4.78 is 13.6. The number of hydrogen-bond acceptors (Lipinski definition) is 5. The van der Waals surface area contributed by atoms with Gasteiger partial charge in [-0.05, 0) is 24.3 Å². The van der Waals surface area contributed by atoms with Gasteiger partial charge in [-0.15, -0.1) is 0 Å². The molecule has 1 aliphatic rings. The fraction of sp³-hybridized carbons (Fsp3) is 0.182. The highest BCUT2D eigenvalue weighted by atomic mass is 19.1. The summed E-state index contributed by atoms with van der Waals surface area (Å²) in [6.07, 6.45) is 5.80. The zero-order chi connectivity index (χ0) is 20.5. The third-order valence-corrected chi connectivity index (χ3v) is 5.33. The monoisotopic (exact) mass is 402 g/mol. The van der Waals surface area contributed by atoms with Crippen molar-refractivity contribution in [1.82, 2.24) is 30.0 Å². The molecule has 0 bridgehead atoms. The third-order valence-electron chi connectivity index (χ3n) is 5.33.